The Hall–Kier alpha value is -2.09. The molecule has 0 saturated carbocycles. The van der Waals surface area contributed by atoms with Crippen LogP contribution in [0.1, 0.15) is 32.6 Å². The fourth-order valence-corrected chi connectivity index (χ4v) is 2.83. The van der Waals surface area contributed by atoms with Gasteiger partial charge in [-0.1, -0.05) is 36.4 Å². The fraction of sp³-hybridized carbons (Fsp3) is 0.278. The van der Waals surface area contributed by atoms with Gasteiger partial charge in [0.15, 0.2) is 0 Å². The maximum absolute atomic E-state index is 11.8. The Morgan fingerprint density at radius 3 is 2.25 bits per heavy atom. The number of carbonyl (C=O) groups excluding carboxylic acids is 1. The molecule has 102 valence electrons. The second-order valence-corrected chi connectivity index (χ2v) is 5.30. The molecule has 20 heavy (non-hydrogen) atoms. The first kappa shape index (κ1) is 12.9. The molecule has 0 amide bonds. The summed E-state index contributed by atoms with van der Waals surface area (Å²) in [5, 5.41) is 0. The van der Waals surface area contributed by atoms with Gasteiger partial charge in [0, 0.05) is 0 Å². The van der Waals surface area contributed by atoms with Crippen LogP contribution in [0.4, 0.5) is 0 Å². The van der Waals surface area contributed by atoms with Crippen LogP contribution in [0.3, 0.4) is 0 Å². The SMILES string of the molecule is COC(=O)c1ccc2cc1CCc1cccc(c1)CC2. The van der Waals surface area contributed by atoms with E-state index in [1.807, 2.05) is 12.1 Å². The van der Waals surface area contributed by atoms with E-state index in [1.165, 1.54) is 23.8 Å². The van der Waals surface area contributed by atoms with Crippen molar-refractivity contribution < 1.29 is 9.53 Å². The Morgan fingerprint density at radius 2 is 1.55 bits per heavy atom. The van der Waals surface area contributed by atoms with Crippen LogP contribution in [0.2, 0.25) is 0 Å². The summed E-state index contributed by atoms with van der Waals surface area (Å²) in [6.45, 7) is 0. The predicted octanol–water partition coefficient (Wildman–Crippen LogP) is 3.36. The zero-order valence-corrected chi connectivity index (χ0v) is 11.7. The van der Waals surface area contributed by atoms with E-state index in [0.717, 1.165) is 31.2 Å². The van der Waals surface area contributed by atoms with Crippen molar-refractivity contribution in [3.63, 3.8) is 0 Å². The second-order valence-electron chi connectivity index (χ2n) is 5.30. The minimum atomic E-state index is -0.239. The van der Waals surface area contributed by atoms with Gasteiger partial charge in [0.2, 0.25) is 0 Å². The van der Waals surface area contributed by atoms with Gasteiger partial charge in [0.05, 0.1) is 12.7 Å². The molecule has 2 heteroatoms. The predicted molar refractivity (Wildman–Crippen MR) is 79.0 cm³/mol. The van der Waals surface area contributed by atoms with E-state index in [-0.39, 0.29) is 5.97 Å². The summed E-state index contributed by atoms with van der Waals surface area (Å²) < 4.78 is 4.88. The first-order chi connectivity index (χ1) is 9.76. The van der Waals surface area contributed by atoms with Crippen molar-refractivity contribution in [2.24, 2.45) is 0 Å². The maximum Gasteiger partial charge on any atom is 0.338 e. The molecule has 4 bridgehead atoms. The van der Waals surface area contributed by atoms with Crippen LogP contribution in [-0.2, 0) is 30.4 Å². The van der Waals surface area contributed by atoms with Gasteiger partial charge >= 0.3 is 5.97 Å². The summed E-state index contributed by atoms with van der Waals surface area (Å²) in [6, 6.07) is 14.9. The molecule has 0 aliphatic heterocycles. The normalized spacial score (nSPS) is 13.7. The lowest BCUT2D eigenvalue weighted by molar-refractivity contribution is 0.0599. The number of benzene rings is 2. The maximum atomic E-state index is 11.8. The number of aryl methyl sites for hydroxylation is 4. The summed E-state index contributed by atoms with van der Waals surface area (Å²) in [6.07, 6.45) is 3.89. The molecular formula is C18H18O2. The van der Waals surface area contributed by atoms with Crippen LogP contribution in [0, 0.1) is 0 Å². The quantitative estimate of drug-likeness (QED) is 0.740. The number of hydrogen-bond donors (Lipinski definition) is 0. The van der Waals surface area contributed by atoms with Gasteiger partial charge in [-0.3, -0.25) is 0 Å². The zero-order valence-electron chi connectivity index (χ0n) is 11.7. The first-order valence-electron chi connectivity index (χ1n) is 7.04. The molecule has 0 aromatic heterocycles. The molecule has 0 atom stereocenters. The van der Waals surface area contributed by atoms with Gasteiger partial charge in [-0.05, 0) is 54.0 Å². The summed E-state index contributed by atoms with van der Waals surface area (Å²) >= 11 is 0. The molecule has 1 aliphatic rings. The van der Waals surface area contributed by atoms with Crippen molar-refractivity contribution in [1.82, 2.24) is 0 Å². The molecule has 3 rings (SSSR count). The van der Waals surface area contributed by atoms with Gasteiger partial charge < -0.3 is 4.74 Å². The third-order valence-corrected chi connectivity index (χ3v) is 3.95. The molecule has 0 radical (unpaired) electrons. The highest BCUT2D eigenvalue weighted by Crippen LogP contribution is 2.20. The highest BCUT2D eigenvalue weighted by atomic mass is 16.5. The topological polar surface area (TPSA) is 26.3 Å². The van der Waals surface area contributed by atoms with Gasteiger partial charge in [0.1, 0.15) is 0 Å². The summed E-state index contributed by atoms with van der Waals surface area (Å²) in [5.74, 6) is -0.239. The van der Waals surface area contributed by atoms with Crippen molar-refractivity contribution in [2.75, 3.05) is 7.11 Å². The lowest BCUT2D eigenvalue weighted by Gasteiger charge is -2.13. The third kappa shape index (κ3) is 2.60. The van der Waals surface area contributed by atoms with E-state index < -0.39 is 0 Å². The summed E-state index contributed by atoms with van der Waals surface area (Å²) in [4.78, 5) is 11.8. The van der Waals surface area contributed by atoms with E-state index in [1.54, 1.807) is 0 Å². The standard InChI is InChI=1S/C18H18O2/c1-20-18(19)17-10-8-15-6-5-13-3-2-4-14(11-13)7-9-16(17)12-15/h2-4,8,10-12H,5-7,9H2,1H3. The van der Waals surface area contributed by atoms with Gasteiger partial charge in [-0.2, -0.15) is 0 Å². The fourth-order valence-electron chi connectivity index (χ4n) is 2.83. The van der Waals surface area contributed by atoms with Crippen molar-refractivity contribution in [1.29, 1.82) is 0 Å². The largest absolute Gasteiger partial charge is 0.465 e. The van der Waals surface area contributed by atoms with Crippen LogP contribution < -0.4 is 0 Å². The average molecular weight is 266 g/mol. The van der Waals surface area contributed by atoms with E-state index in [0.29, 0.717) is 5.56 Å². The molecule has 2 aromatic carbocycles. The van der Waals surface area contributed by atoms with Crippen molar-refractivity contribution in [2.45, 2.75) is 25.7 Å². The Labute approximate surface area is 119 Å². The monoisotopic (exact) mass is 266 g/mol. The van der Waals surface area contributed by atoms with Crippen molar-refractivity contribution in [3.8, 4) is 0 Å². The number of ether oxygens (including phenoxy) is 1. The first-order valence-corrected chi connectivity index (χ1v) is 7.04. The zero-order chi connectivity index (χ0) is 13.9. The molecule has 0 saturated heterocycles. The summed E-state index contributed by atoms with van der Waals surface area (Å²) in [5.41, 5.74) is 5.82. The van der Waals surface area contributed by atoms with Crippen molar-refractivity contribution in [3.05, 3.63) is 70.3 Å². The van der Waals surface area contributed by atoms with Crippen LogP contribution in [0.15, 0.2) is 42.5 Å². The van der Waals surface area contributed by atoms with Gasteiger partial charge in [0.25, 0.3) is 0 Å². The molecule has 0 fully saturated rings. The highest BCUT2D eigenvalue weighted by Gasteiger charge is 2.13. The number of methoxy groups -OCH3 is 1. The molecule has 0 unspecified atom stereocenters. The molecule has 0 N–H and O–H groups in total. The Balaban J connectivity index is 1.99. The lowest BCUT2D eigenvalue weighted by atomic mass is 9.92. The number of hydrogen-bond acceptors (Lipinski definition) is 2. The smallest absolute Gasteiger partial charge is 0.338 e. The van der Waals surface area contributed by atoms with Crippen LogP contribution in [0.5, 0.6) is 0 Å². The van der Waals surface area contributed by atoms with E-state index in [4.69, 9.17) is 4.74 Å². The Kier molecular flexibility index (Phi) is 3.55. The Morgan fingerprint density at radius 1 is 0.900 bits per heavy atom. The molecule has 2 nitrogen and oxygen atoms in total. The molecule has 1 aliphatic carbocycles. The van der Waals surface area contributed by atoms with Gasteiger partial charge in [-0.25, -0.2) is 4.79 Å². The highest BCUT2D eigenvalue weighted by molar-refractivity contribution is 5.91. The minimum absolute atomic E-state index is 0.239. The van der Waals surface area contributed by atoms with Gasteiger partial charge in [-0.15, -0.1) is 0 Å². The van der Waals surface area contributed by atoms with Crippen LogP contribution in [0.25, 0.3) is 0 Å². The van der Waals surface area contributed by atoms with Crippen LogP contribution >= 0.6 is 0 Å². The van der Waals surface area contributed by atoms with E-state index in [2.05, 4.69) is 30.3 Å². The average Bonchev–Trinajstić information content (AvgIpc) is 2.50. The molecule has 0 spiro atoms. The minimum Gasteiger partial charge on any atom is -0.465 e. The molecule has 0 heterocycles. The number of carbonyl (C=O) groups is 1. The Bertz CT molecular complexity index is 644. The third-order valence-electron chi connectivity index (χ3n) is 3.95. The van der Waals surface area contributed by atoms with Crippen LogP contribution in [-0.4, -0.2) is 13.1 Å². The molecular weight excluding hydrogens is 248 g/mol. The van der Waals surface area contributed by atoms with E-state index in [9.17, 15) is 4.79 Å². The second kappa shape index (κ2) is 5.49. The summed E-state index contributed by atoms with van der Waals surface area (Å²) in [7, 11) is 1.44. The number of fused-ring (bicyclic) bond motifs is 4. The van der Waals surface area contributed by atoms with Crippen molar-refractivity contribution >= 4 is 5.97 Å². The number of rotatable bonds is 1. The lowest BCUT2D eigenvalue weighted by Crippen LogP contribution is -2.08. The van der Waals surface area contributed by atoms with E-state index >= 15 is 0 Å². The number of esters is 1. The molecule has 2 aromatic rings.